The summed E-state index contributed by atoms with van der Waals surface area (Å²) in [5, 5.41) is 1.04. The maximum absolute atomic E-state index is 5.98. The van der Waals surface area contributed by atoms with Gasteiger partial charge in [-0.2, -0.15) is 0 Å². The Bertz CT molecular complexity index is 533. The van der Waals surface area contributed by atoms with Crippen molar-refractivity contribution in [1.29, 1.82) is 0 Å². The highest BCUT2D eigenvalue weighted by Crippen LogP contribution is 2.34. The first-order valence-corrected chi connectivity index (χ1v) is 5.53. The Kier molecular flexibility index (Phi) is 3.00. The second-order valence-electron chi connectivity index (χ2n) is 2.76. The van der Waals surface area contributed by atoms with Crippen molar-refractivity contribution in [3.8, 4) is 5.75 Å². The standard InChI is InChI=1S/C9H5BrCl2N2O/c1-15-5-3-2-4(10)7-6(5)8(11)14-9(12)13-7/h2-3H,1H3. The van der Waals surface area contributed by atoms with E-state index < -0.39 is 0 Å². The zero-order valence-corrected chi connectivity index (χ0v) is 10.7. The number of hydrogen-bond donors (Lipinski definition) is 0. The molecule has 1 heterocycles. The van der Waals surface area contributed by atoms with E-state index in [-0.39, 0.29) is 10.4 Å². The highest BCUT2D eigenvalue weighted by atomic mass is 79.9. The molecule has 0 atom stereocenters. The Balaban J connectivity index is 2.93. The summed E-state index contributed by atoms with van der Waals surface area (Å²) in [7, 11) is 1.56. The average molecular weight is 308 g/mol. The maximum atomic E-state index is 5.98. The van der Waals surface area contributed by atoms with Gasteiger partial charge in [-0.05, 0) is 39.7 Å². The molecule has 0 aliphatic rings. The number of benzene rings is 1. The zero-order chi connectivity index (χ0) is 11.0. The predicted molar refractivity (Wildman–Crippen MR) is 63.8 cm³/mol. The molecule has 0 bridgehead atoms. The van der Waals surface area contributed by atoms with E-state index in [9.17, 15) is 0 Å². The Morgan fingerprint density at radius 1 is 1.27 bits per heavy atom. The number of hydrogen-bond acceptors (Lipinski definition) is 3. The van der Waals surface area contributed by atoms with Crippen LogP contribution in [0.5, 0.6) is 5.75 Å². The molecule has 0 fully saturated rings. The van der Waals surface area contributed by atoms with Crippen molar-refractivity contribution in [2.45, 2.75) is 0 Å². The van der Waals surface area contributed by atoms with Gasteiger partial charge >= 0.3 is 0 Å². The van der Waals surface area contributed by atoms with Crippen LogP contribution in [0.15, 0.2) is 16.6 Å². The summed E-state index contributed by atoms with van der Waals surface area (Å²) in [6.07, 6.45) is 0. The first-order chi connectivity index (χ1) is 7.13. The van der Waals surface area contributed by atoms with Crippen LogP contribution < -0.4 is 4.74 Å². The molecule has 78 valence electrons. The summed E-state index contributed by atoms with van der Waals surface area (Å²) >= 11 is 15.1. The molecule has 0 amide bonds. The Morgan fingerprint density at radius 3 is 2.67 bits per heavy atom. The van der Waals surface area contributed by atoms with Crippen molar-refractivity contribution >= 4 is 50.0 Å². The fourth-order valence-corrected chi connectivity index (χ4v) is 2.17. The van der Waals surface area contributed by atoms with Gasteiger partial charge < -0.3 is 4.74 Å². The van der Waals surface area contributed by atoms with Gasteiger partial charge in [0.1, 0.15) is 10.9 Å². The Morgan fingerprint density at radius 2 is 2.00 bits per heavy atom. The molecular formula is C9H5BrCl2N2O. The molecular weight excluding hydrogens is 303 g/mol. The third-order valence-corrected chi connectivity index (χ3v) is 2.99. The summed E-state index contributed by atoms with van der Waals surface area (Å²) in [5.74, 6) is 0.620. The van der Waals surface area contributed by atoms with Gasteiger partial charge in [-0.1, -0.05) is 11.6 Å². The summed E-state index contributed by atoms with van der Waals surface area (Å²) in [4.78, 5) is 7.96. The third kappa shape index (κ3) is 1.89. The smallest absolute Gasteiger partial charge is 0.224 e. The molecule has 6 heteroatoms. The first-order valence-electron chi connectivity index (χ1n) is 3.98. The number of rotatable bonds is 1. The number of methoxy groups -OCH3 is 1. The fraction of sp³-hybridized carbons (Fsp3) is 0.111. The van der Waals surface area contributed by atoms with Crippen LogP contribution in [-0.2, 0) is 0 Å². The number of aromatic nitrogens is 2. The van der Waals surface area contributed by atoms with Crippen LogP contribution in [0.1, 0.15) is 0 Å². The van der Waals surface area contributed by atoms with Crippen molar-refractivity contribution in [3.05, 3.63) is 27.0 Å². The molecule has 1 aromatic carbocycles. The van der Waals surface area contributed by atoms with Crippen LogP contribution in [0.3, 0.4) is 0 Å². The highest BCUT2D eigenvalue weighted by Gasteiger charge is 2.12. The summed E-state index contributed by atoms with van der Waals surface area (Å²) in [6.45, 7) is 0. The summed E-state index contributed by atoms with van der Waals surface area (Å²) in [6, 6.07) is 3.61. The second-order valence-corrected chi connectivity index (χ2v) is 4.31. The van der Waals surface area contributed by atoms with Crippen molar-refractivity contribution in [3.63, 3.8) is 0 Å². The van der Waals surface area contributed by atoms with Crippen LogP contribution in [0.2, 0.25) is 10.4 Å². The van der Waals surface area contributed by atoms with E-state index in [2.05, 4.69) is 25.9 Å². The minimum atomic E-state index is 0.112. The molecule has 15 heavy (non-hydrogen) atoms. The van der Waals surface area contributed by atoms with Crippen LogP contribution in [0.4, 0.5) is 0 Å². The van der Waals surface area contributed by atoms with Gasteiger partial charge in [0.2, 0.25) is 5.28 Å². The van der Waals surface area contributed by atoms with Gasteiger partial charge in [0.15, 0.2) is 0 Å². The largest absolute Gasteiger partial charge is 0.496 e. The number of nitrogens with zero attached hydrogens (tertiary/aromatic N) is 2. The van der Waals surface area contributed by atoms with E-state index in [0.29, 0.717) is 16.7 Å². The van der Waals surface area contributed by atoms with Crippen molar-refractivity contribution in [2.75, 3.05) is 7.11 Å². The van der Waals surface area contributed by atoms with Crippen molar-refractivity contribution in [1.82, 2.24) is 9.97 Å². The monoisotopic (exact) mass is 306 g/mol. The van der Waals surface area contributed by atoms with Gasteiger partial charge in [0.25, 0.3) is 0 Å². The molecule has 0 saturated carbocycles. The molecule has 0 saturated heterocycles. The van der Waals surface area contributed by atoms with E-state index in [1.165, 1.54) is 0 Å². The first kappa shape index (κ1) is 10.9. The lowest BCUT2D eigenvalue weighted by Crippen LogP contribution is -1.92. The van der Waals surface area contributed by atoms with Crippen molar-refractivity contribution < 1.29 is 4.74 Å². The molecule has 0 unspecified atom stereocenters. The van der Waals surface area contributed by atoms with E-state index in [1.807, 2.05) is 6.07 Å². The zero-order valence-electron chi connectivity index (χ0n) is 7.59. The van der Waals surface area contributed by atoms with Gasteiger partial charge in [-0.25, -0.2) is 9.97 Å². The van der Waals surface area contributed by atoms with E-state index in [4.69, 9.17) is 27.9 Å². The molecule has 0 spiro atoms. The van der Waals surface area contributed by atoms with Crippen molar-refractivity contribution in [2.24, 2.45) is 0 Å². The summed E-state index contributed by atoms with van der Waals surface area (Å²) in [5.41, 5.74) is 0.638. The van der Waals surface area contributed by atoms with Crippen LogP contribution in [0, 0.1) is 0 Å². The third-order valence-electron chi connectivity index (χ3n) is 1.91. The minimum Gasteiger partial charge on any atom is -0.496 e. The average Bonchev–Trinajstić information content (AvgIpc) is 2.19. The van der Waals surface area contributed by atoms with E-state index >= 15 is 0 Å². The van der Waals surface area contributed by atoms with Gasteiger partial charge in [-0.3, -0.25) is 0 Å². The van der Waals surface area contributed by atoms with Crippen LogP contribution >= 0.6 is 39.1 Å². The van der Waals surface area contributed by atoms with Gasteiger partial charge in [0, 0.05) is 4.47 Å². The molecule has 0 N–H and O–H groups in total. The quantitative estimate of drug-likeness (QED) is 0.595. The lowest BCUT2D eigenvalue weighted by molar-refractivity contribution is 0.419. The topological polar surface area (TPSA) is 35.0 Å². The predicted octanol–water partition coefficient (Wildman–Crippen LogP) is 3.71. The molecule has 0 aliphatic heterocycles. The normalized spacial score (nSPS) is 10.7. The second kappa shape index (κ2) is 4.12. The minimum absolute atomic E-state index is 0.112. The lowest BCUT2D eigenvalue weighted by atomic mass is 10.2. The molecule has 0 radical (unpaired) electrons. The number of ether oxygens (including phenoxy) is 1. The molecule has 2 aromatic rings. The maximum Gasteiger partial charge on any atom is 0.224 e. The highest BCUT2D eigenvalue weighted by molar-refractivity contribution is 9.10. The Labute approximate surface area is 105 Å². The van der Waals surface area contributed by atoms with Gasteiger partial charge in [-0.15, -0.1) is 0 Å². The lowest BCUT2D eigenvalue weighted by Gasteiger charge is -2.07. The molecule has 3 nitrogen and oxygen atoms in total. The fourth-order valence-electron chi connectivity index (χ4n) is 1.28. The van der Waals surface area contributed by atoms with E-state index in [1.54, 1.807) is 13.2 Å². The van der Waals surface area contributed by atoms with Crippen LogP contribution in [-0.4, -0.2) is 17.1 Å². The molecule has 1 aromatic heterocycles. The number of fused-ring (bicyclic) bond motifs is 1. The van der Waals surface area contributed by atoms with E-state index in [0.717, 1.165) is 4.47 Å². The number of halogens is 3. The SMILES string of the molecule is COc1ccc(Br)c2nc(Cl)nc(Cl)c12. The molecule has 2 rings (SSSR count). The van der Waals surface area contributed by atoms with Gasteiger partial charge in [0.05, 0.1) is 18.0 Å². The summed E-state index contributed by atoms with van der Waals surface area (Å²) < 4.78 is 5.97. The Hall–Kier alpha value is -0.580. The van der Waals surface area contributed by atoms with Crippen LogP contribution in [0.25, 0.3) is 10.9 Å². The molecule has 0 aliphatic carbocycles.